The molecule has 106 valence electrons. The predicted octanol–water partition coefficient (Wildman–Crippen LogP) is 0.140. The first-order valence-corrected chi connectivity index (χ1v) is 6.85. The third-order valence-electron chi connectivity index (χ3n) is 3.18. The van der Waals surface area contributed by atoms with Crippen LogP contribution in [0.15, 0.2) is 24.3 Å². The molecule has 4 nitrogen and oxygen atoms in total. The van der Waals surface area contributed by atoms with E-state index in [0.29, 0.717) is 5.46 Å². The Morgan fingerprint density at radius 2 is 1.89 bits per heavy atom. The Bertz CT molecular complexity index is 372. The van der Waals surface area contributed by atoms with Crippen LogP contribution in [0.25, 0.3) is 0 Å². The molecule has 5 heteroatoms. The molecule has 0 fully saturated rings. The molecule has 0 spiro atoms. The first-order chi connectivity index (χ1) is 9.02. The summed E-state index contributed by atoms with van der Waals surface area (Å²) in [7, 11) is 2.79. The fraction of sp³-hybridized carbons (Fsp3) is 0.571. The summed E-state index contributed by atoms with van der Waals surface area (Å²) in [5, 5.41) is 18.4. The number of rotatable bonds is 8. The van der Waals surface area contributed by atoms with Crippen molar-refractivity contribution in [1.29, 1.82) is 0 Å². The van der Waals surface area contributed by atoms with Gasteiger partial charge in [0.05, 0.1) is 0 Å². The van der Waals surface area contributed by atoms with Gasteiger partial charge in [0.15, 0.2) is 0 Å². The maximum absolute atomic E-state index is 9.18. The third kappa shape index (κ3) is 6.21. The van der Waals surface area contributed by atoms with E-state index in [2.05, 4.69) is 30.8 Å². The minimum absolute atomic E-state index is 0.557. The van der Waals surface area contributed by atoms with Crippen LogP contribution in [0.4, 0.5) is 0 Å². The molecular formula is C14H25BN2O2. The highest BCUT2D eigenvalue weighted by Crippen LogP contribution is 2.04. The zero-order valence-corrected chi connectivity index (χ0v) is 12.2. The van der Waals surface area contributed by atoms with E-state index in [1.165, 1.54) is 0 Å². The molecule has 0 atom stereocenters. The van der Waals surface area contributed by atoms with Gasteiger partial charge in [0, 0.05) is 6.54 Å². The number of hydrogen-bond acceptors (Lipinski definition) is 4. The van der Waals surface area contributed by atoms with Gasteiger partial charge in [-0.15, -0.1) is 0 Å². The van der Waals surface area contributed by atoms with Crippen LogP contribution < -0.4 is 5.46 Å². The summed E-state index contributed by atoms with van der Waals surface area (Å²) in [6.07, 6.45) is 1.14. The van der Waals surface area contributed by atoms with Crippen LogP contribution in [-0.4, -0.2) is 60.7 Å². The minimum atomic E-state index is -1.39. The molecule has 0 aliphatic heterocycles. The van der Waals surface area contributed by atoms with Crippen LogP contribution in [0, 0.1) is 0 Å². The monoisotopic (exact) mass is 264 g/mol. The van der Waals surface area contributed by atoms with Gasteiger partial charge in [0.25, 0.3) is 0 Å². The van der Waals surface area contributed by atoms with Crippen LogP contribution in [0.2, 0.25) is 0 Å². The first-order valence-electron chi connectivity index (χ1n) is 6.85. The van der Waals surface area contributed by atoms with E-state index in [9.17, 15) is 10.0 Å². The van der Waals surface area contributed by atoms with Crippen LogP contribution in [-0.2, 0) is 6.54 Å². The fourth-order valence-corrected chi connectivity index (χ4v) is 2.07. The normalized spacial score (nSPS) is 11.3. The Morgan fingerprint density at radius 3 is 2.47 bits per heavy atom. The zero-order chi connectivity index (χ0) is 14.3. The molecule has 2 N–H and O–H groups in total. The maximum Gasteiger partial charge on any atom is 0.488 e. The smallest absolute Gasteiger partial charge is 0.423 e. The molecule has 0 saturated heterocycles. The van der Waals surface area contributed by atoms with Gasteiger partial charge in [-0.1, -0.05) is 31.2 Å². The van der Waals surface area contributed by atoms with E-state index in [0.717, 1.165) is 38.2 Å². The van der Waals surface area contributed by atoms with E-state index >= 15 is 0 Å². The molecule has 0 saturated carbocycles. The van der Waals surface area contributed by atoms with Crippen molar-refractivity contribution in [1.82, 2.24) is 9.80 Å². The van der Waals surface area contributed by atoms with Crippen molar-refractivity contribution in [2.24, 2.45) is 0 Å². The highest BCUT2D eigenvalue weighted by molar-refractivity contribution is 6.58. The number of benzene rings is 1. The lowest BCUT2D eigenvalue weighted by molar-refractivity contribution is 0.259. The molecule has 0 unspecified atom stereocenters. The summed E-state index contributed by atoms with van der Waals surface area (Å²) in [5.41, 5.74) is 1.68. The largest absolute Gasteiger partial charge is 0.488 e. The van der Waals surface area contributed by atoms with Crippen molar-refractivity contribution in [2.75, 3.05) is 33.7 Å². The quantitative estimate of drug-likeness (QED) is 0.656. The second-order valence-corrected chi connectivity index (χ2v) is 5.14. The Labute approximate surface area is 116 Å². The predicted molar refractivity (Wildman–Crippen MR) is 80.4 cm³/mol. The standard InChI is InChI=1S/C14H25BN2O2/c1-4-17(10-6-9-16(2)3)12-13-7-5-8-14(11-13)15(18)19/h5,7-8,11,18-19H,4,6,9-10,12H2,1-3H3. The number of hydrogen-bond donors (Lipinski definition) is 2. The average molecular weight is 264 g/mol. The lowest BCUT2D eigenvalue weighted by atomic mass is 9.79. The van der Waals surface area contributed by atoms with Gasteiger partial charge in [-0.25, -0.2) is 0 Å². The van der Waals surface area contributed by atoms with Gasteiger partial charge in [-0.2, -0.15) is 0 Å². The molecule has 0 radical (unpaired) electrons. The Hall–Kier alpha value is -0.875. The molecule has 0 heterocycles. The molecule has 0 bridgehead atoms. The number of nitrogens with zero attached hydrogens (tertiary/aromatic N) is 2. The molecular weight excluding hydrogens is 239 g/mol. The van der Waals surface area contributed by atoms with Crippen molar-refractivity contribution in [3.63, 3.8) is 0 Å². The van der Waals surface area contributed by atoms with Gasteiger partial charge in [-0.3, -0.25) is 4.90 Å². The van der Waals surface area contributed by atoms with Gasteiger partial charge in [0.2, 0.25) is 0 Å². The van der Waals surface area contributed by atoms with E-state index in [1.807, 2.05) is 18.2 Å². The van der Waals surface area contributed by atoms with Crippen LogP contribution in [0.1, 0.15) is 18.9 Å². The summed E-state index contributed by atoms with van der Waals surface area (Å²) in [5.74, 6) is 0. The molecule has 0 aromatic heterocycles. The van der Waals surface area contributed by atoms with E-state index in [-0.39, 0.29) is 0 Å². The molecule has 0 aliphatic carbocycles. The summed E-state index contributed by atoms with van der Waals surface area (Å²) in [6, 6.07) is 7.49. The molecule has 0 aliphatic rings. The molecule has 19 heavy (non-hydrogen) atoms. The maximum atomic E-state index is 9.18. The molecule has 1 rings (SSSR count). The third-order valence-corrected chi connectivity index (χ3v) is 3.18. The highest BCUT2D eigenvalue weighted by atomic mass is 16.4. The lowest BCUT2D eigenvalue weighted by Gasteiger charge is -2.21. The topological polar surface area (TPSA) is 46.9 Å². The summed E-state index contributed by atoms with van der Waals surface area (Å²) in [4.78, 5) is 4.56. The Kier molecular flexibility index (Phi) is 7.09. The van der Waals surface area contributed by atoms with Crippen molar-refractivity contribution in [3.05, 3.63) is 29.8 Å². The van der Waals surface area contributed by atoms with Gasteiger partial charge < -0.3 is 14.9 Å². The fourth-order valence-electron chi connectivity index (χ4n) is 2.07. The van der Waals surface area contributed by atoms with Gasteiger partial charge >= 0.3 is 7.12 Å². The second kappa shape index (κ2) is 8.33. The minimum Gasteiger partial charge on any atom is -0.423 e. The van der Waals surface area contributed by atoms with Crippen LogP contribution in [0.5, 0.6) is 0 Å². The first kappa shape index (κ1) is 16.2. The molecule has 0 amide bonds. The van der Waals surface area contributed by atoms with Crippen LogP contribution in [0.3, 0.4) is 0 Å². The van der Waals surface area contributed by atoms with E-state index in [1.54, 1.807) is 6.07 Å². The average Bonchev–Trinajstić information content (AvgIpc) is 2.37. The lowest BCUT2D eigenvalue weighted by Crippen LogP contribution is -2.31. The van der Waals surface area contributed by atoms with Gasteiger partial charge in [-0.05, 0) is 51.2 Å². The molecule has 1 aromatic carbocycles. The second-order valence-electron chi connectivity index (χ2n) is 5.14. The van der Waals surface area contributed by atoms with Crippen molar-refractivity contribution >= 4 is 12.6 Å². The summed E-state index contributed by atoms with van der Waals surface area (Å²) < 4.78 is 0. The summed E-state index contributed by atoms with van der Waals surface area (Å²) in [6.45, 7) is 6.15. The van der Waals surface area contributed by atoms with Crippen LogP contribution >= 0.6 is 0 Å². The summed E-state index contributed by atoms with van der Waals surface area (Å²) >= 11 is 0. The SMILES string of the molecule is CCN(CCCN(C)C)Cc1cccc(B(O)O)c1. The Balaban J connectivity index is 2.52. The zero-order valence-electron chi connectivity index (χ0n) is 12.2. The van der Waals surface area contributed by atoms with Crippen molar-refractivity contribution in [3.8, 4) is 0 Å². The highest BCUT2D eigenvalue weighted by Gasteiger charge is 2.11. The van der Waals surface area contributed by atoms with Crippen molar-refractivity contribution < 1.29 is 10.0 Å². The van der Waals surface area contributed by atoms with Gasteiger partial charge in [0.1, 0.15) is 0 Å². The molecule has 1 aromatic rings. The Morgan fingerprint density at radius 1 is 1.16 bits per heavy atom. The van der Waals surface area contributed by atoms with E-state index in [4.69, 9.17) is 0 Å². The van der Waals surface area contributed by atoms with E-state index < -0.39 is 7.12 Å². The van der Waals surface area contributed by atoms with Crippen molar-refractivity contribution in [2.45, 2.75) is 19.9 Å².